The monoisotopic (exact) mass is 774 g/mol. The first kappa shape index (κ1) is 46.3. The van der Waals surface area contributed by atoms with E-state index in [4.69, 9.17) is 9.98 Å². The maximum Gasteiger partial charge on any atom is 0.350 e. The van der Waals surface area contributed by atoms with E-state index in [0.717, 1.165) is 93.5 Å². The van der Waals surface area contributed by atoms with Crippen molar-refractivity contribution in [2.24, 2.45) is 9.98 Å². The molecule has 1 saturated carbocycles. The van der Waals surface area contributed by atoms with E-state index in [0.29, 0.717) is 11.5 Å². The van der Waals surface area contributed by atoms with Crippen LogP contribution in [0.15, 0.2) is 34.3 Å². The van der Waals surface area contributed by atoms with Crippen LogP contribution in [0.4, 0.5) is 0 Å². The summed E-state index contributed by atoms with van der Waals surface area (Å²) in [6, 6.07) is 8.66. The second-order valence-electron chi connectivity index (χ2n) is 18.3. The van der Waals surface area contributed by atoms with Gasteiger partial charge in [-0.25, -0.2) is 0 Å². The molecule has 2 N–H and O–H groups in total. The molecule has 2 aromatic carbocycles. The van der Waals surface area contributed by atoms with Crippen LogP contribution in [-0.4, -0.2) is 94.8 Å². The zero-order chi connectivity index (χ0) is 36.4. The van der Waals surface area contributed by atoms with E-state index in [1.807, 2.05) is 12.4 Å². The Labute approximate surface area is 334 Å². The number of aliphatic imine (C=N–C) groups is 2. The van der Waals surface area contributed by atoms with E-state index in [2.05, 4.69) is 108 Å². The van der Waals surface area contributed by atoms with Crippen molar-refractivity contribution in [1.29, 1.82) is 0 Å². The molecular formula is C45H72CoN5O2-. The second-order valence-corrected chi connectivity index (χ2v) is 18.3. The van der Waals surface area contributed by atoms with Gasteiger partial charge < -0.3 is 25.1 Å². The predicted octanol–water partition coefficient (Wildman–Crippen LogP) is 9.08. The molecule has 2 heterocycles. The number of benzene rings is 2. The Balaban J connectivity index is 0.00000324. The fourth-order valence-electron chi connectivity index (χ4n) is 7.81. The number of aryl methyl sites for hydroxylation is 1. The molecule has 299 valence electrons. The molecule has 0 amide bonds. The van der Waals surface area contributed by atoms with E-state index < -0.39 is 0 Å². The molecule has 1 saturated heterocycles. The summed E-state index contributed by atoms with van der Waals surface area (Å²) in [7, 11) is 2.23. The van der Waals surface area contributed by atoms with Gasteiger partial charge in [-0.2, -0.15) is 0 Å². The van der Waals surface area contributed by atoms with Gasteiger partial charge in [0.2, 0.25) is 0 Å². The zero-order valence-corrected chi connectivity index (χ0v) is 36.3. The first-order chi connectivity index (χ1) is 23.4. The SMILES string of the molecule is C[N+]1=C2N(CCCc3cc(C(C)(C)C)cc(C=NC4CCCCC4N=Cc4cc(C(C)(C)C)cc(C(C)(C)C)c4O)c3O)CCCN2CCC1.[CH3-].[CH3-].[Co]. The van der Waals surface area contributed by atoms with Gasteiger partial charge in [-0.15, -0.1) is 0 Å². The Kier molecular flexibility index (Phi) is 16.3. The van der Waals surface area contributed by atoms with E-state index >= 15 is 0 Å². The number of nitrogens with zero attached hydrogens (tertiary/aromatic N) is 5. The molecule has 3 aliphatic rings. The van der Waals surface area contributed by atoms with E-state index in [-0.39, 0.29) is 60.0 Å². The van der Waals surface area contributed by atoms with Gasteiger partial charge in [0.25, 0.3) is 0 Å². The van der Waals surface area contributed by atoms with Crippen LogP contribution in [-0.2, 0) is 39.4 Å². The van der Waals surface area contributed by atoms with Crippen LogP contribution in [0.3, 0.4) is 0 Å². The van der Waals surface area contributed by atoms with Gasteiger partial charge in [0.15, 0.2) is 0 Å². The van der Waals surface area contributed by atoms with Gasteiger partial charge in [0.05, 0.1) is 51.9 Å². The summed E-state index contributed by atoms with van der Waals surface area (Å²) in [5.74, 6) is 2.07. The summed E-state index contributed by atoms with van der Waals surface area (Å²) in [5, 5.41) is 23.0. The Morgan fingerprint density at radius 1 is 0.717 bits per heavy atom. The summed E-state index contributed by atoms with van der Waals surface area (Å²) in [5.41, 5.74) is 5.68. The number of aromatic hydroxyl groups is 2. The van der Waals surface area contributed by atoms with Crippen LogP contribution < -0.4 is 0 Å². The van der Waals surface area contributed by atoms with Crippen molar-refractivity contribution in [1.82, 2.24) is 9.80 Å². The van der Waals surface area contributed by atoms with Crippen LogP contribution in [0.5, 0.6) is 11.5 Å². The predicted molar refractivity (Wildman–Crippen MR) is 223 cm³/mol. The smallest absolute Gasteiger partial charge is 0.350 e. The standard InChI is InChI=1S/C43H65N5O2.2CH3.Co/c1-41(2,3)33-24-30(16-13-20-47-22-15-23-48-21-14-19-46(10)40(47)48)38(49)31(25-33)28-44-36-17-11-12-18-37(36)45-29-32-26-34(42(4,5)6)27-35(39(32)50)43(7,8)9;;;/h24-29,36-37H,11-23H2,1-10H3,(H-,44,45,49,50);2*1H3;/q;2*-1;/p+1. The maximum absolute atomic E-state index is 11.6. The Morgan fingerprint density at radius 2 is 1.25 bits per heavy atom. The van der Waals surface area contributed by atoms with Crippen molar-refractivity contribution in [2.75, 3.05) is 39.8 Å². The third-order valence-electron chi connectivity index (χ3n) is 11.0. The molecule has 53 heavy (non-hydrogen) atoms. The van der Waals surface area contributed by atoms with Gasteiger partial charge in [0, 0.05) is 58.7 Å². The minimum Gasteiger partial charge on any atom is -0.507 e. The Hall–Kier alpha value is -2.84. The van der Waals surface area contributed by atoms with Gasteiger partial charge in [-0.3, -0.25) is 24.4 Å². The fourth-order valence-corrected chi connectivity index (χ4v) is 7.81. The van der Waals surface area contributed by atoms with Crippen molar-refractivity contribution < 1.29 is 31.6 Å². The summed E-state index contributed by atoms with van der Waals surface area (Å²) in [6.45, 7) is 25.3. The molecular weight excluding hydrogens is 701 g/mol. The van der Waals surface area contributed by atoms with Crippen LogP contribution in [0.1, 0.15) is 141 Å². The molecule has 0 bridgehead atoms. The van der Waals surface area contributed by atoms with Crippen molar-refractivity contribution >= 4 is 18.4 Å². The molecule has 1 radical (unpaired) electrons. The molecule has 0 spiro atoms. The quantitative estimate of drug-likeness (QED) is 0.160. The zero-order valence-electron chi connectivity index (χ0n) is 35.3. The van der Waals surface area contributed by atoms with Crippen molar-refractivity contribution in [3.05, 3.63) is 72.5 Å². The minimum absolute atomic E-state index is 0. The van der Waals surface area contributed by atoms with Gasteiger partial charge in [0.1, 0.15) is 11.5 Å². The third kappa shape index (κ3) is 11.3. The number of guanidine groups is 1. The first-order valence-electron chi connectivity index (χ1n) is 19.3. The average molecular weight is 774 g/mol. The summed E-state index contributed by atoms with van der Waals surface area (Å²) in [4.78, 5) is 15.3. The molecule has 2 aromatic rings. The molecule has 2 fully saturated rings. The molecule has 2 atom stereocenters. The van der Waals surface area contributed by atoms with Gasteiger partial charge in [-0.1, -0.05) is 87.3 Å². The van der Waals surface area contributed by atoms with E-state index in [1.165, 1.54) is 29.9 Å². The summed E-state index contributed by atoms with van der Waals surface area (Å²) >= 11 is 0. The van der Waals surface area contributed by atoms with E-state index in [1.54, 1.807) is 0 Å². The van der Waals surface area contributed by atoms with Crippen molar-refractivity contribution in [2.45, 2.75) is 142 Å². The van der Waals surface area contributed by atoms with Gasteiger partial charge in [-0.05, 0) is 70.8 Å². The number of hydrogen-bond acceptors (Lipinski definition) is 6. The summed E-state index contributed by atoms with van der Waals surface area (Å²) < 4.78 is 2.42. The van der Waals surface area contributed by atoms with Crippen LogP contribution >= 0.6 is 0 Å². The normalized spacial score (nSPS) is 19.9. The molecule has 0 aromatic heterocycles. The number of hydrogen-bond donors (Lipinski definition) is 2. The molecule has 2 unspecified atom stereocenters. The van der Waals surface area contributed by atoms with E-state index in [9.17, 15) is 10.2 Å². The van der Waals surface area contributed by atoms with Crippen LogP contribution in [0, 0.1) is 14.9 Å². The Bertz CT molecular complexity index is 1610. The topological polar surface area (TPSA) is 74.7 Å². The third-order valence-corrected chi connectivity index (χ3v) is 11.0. The van der Waals surface area contributed by atoms with Crippen molar-refractivity contribution in [3.63, 3.8) is 0 Å². The number of phenolic OH excluding ortho intramolecular Hbond substituents is 2. The second kappa shape index (κ2) is 18.7. The molecule has 5 rings (SSSR count). The van der Waals surface area contributed by atoms with Gasteiger partial charge >= 0.3 is 5.96 Å². The minimum atomic E-state index is -0.187. The molecule has 7 nitrogen and oxygen atoms in total. The largest absolute Gasteiger partial charge is 0.507 e. The number of phenols is 2. The average Bonchev–Trinajstić information content (AvgIpc) is 3.03. The molecule has 1 aliphatic carbocycles. The van der Waals surface area contributed by atoms with Crippen LogP contribution in [0.2, 0.25) is 0 Å². The molecule has 8 heteroatoms. The van der Waals surface area contributed by atoms with Crippen LogP contribution in [0.25, 0.3) is 0 Å². The number of fused-ring (bicyclic) bond motifs is 1. The maximum atomic E-state index is 11.6. The fraction of sp³-hybridized carbons (Fsp3) is 0.622. The van der Waals surface area contributed by atoms with Crippen molar-refractivity contribution in [3.8, 4) is 11.5 Å². The number of rotatable bonds is 8. The Morgan fingerprint density at radius 3 is 1.79 bits per heavy atom. The first-order valence-corrected chi connectivity index (χ1v) is 19.3. The summed E-state index contributed by atoms with van der Waals surface area (Å²) in [6.07, 6.45) is 12.2. The molecule has 2 aliphatic heterocycles.